The summed E-state index contributed by atoms with van der Waals surface area (Å²) in [4.78, 5) is 25.8. The number of esters is 1. The number of ether oxygens (including phenoxy) is 2. The first kappa shape index (κ1) is 19.5. The van der Waals surface area contributed by atoms with E-state index in [1.54, 1.807) is 36.1 Å². The molecular weight excluding hydrogens is 308 g/mol. The van der Waals surface area contributed by atoms with Gasteiger partial charge in [-0.2, -0.15) is 5.26 Å². The largest absolute Gasteiger partial charge is 0.479 e. The van der Waals surface area contributed by atoms with Crippen LogP contribution in [0.2, 0.25) is 0 Å². The van der Waals surface area contributed by atoms with Crippen molar-refractivity contribution in [3.05, 3.63) is 29.8 Å². The second kappa shape index (κ2) is 8.92. The molecule has 0 spiro atoms. The highest BCUT2D eigenvalue weighted by Gasteiger charge is 2.23. The van der Waals surface area contributed by atoms with Crippen molar-refractivity contribution in [1.29, 1.82) is 5.26 Å². The first-order valence-electron chi connectivity index (χ1n) is 7.90. The minimum Gasteiger partial charge on any atom is -0.479 e. The molecule has 1 atom stereocenters. The molecule has 0 fully saturated rings. The third kappa shape index (κ3) is 5.58. The molecule has 0 aromatic heterocycles. The van der Waals surface area contributed by atoms with E-state index in [4.69, 9.17) is 14.7 Å². The van der Waals surface area contributed by atoms with Crippen LogP contribution >= 0.6 is 0 Å². The topological polar surface area (TPSA) is 79.6 Å². The van der Waals surface area contributed by atoms with Crippen molar-refractivity contribution >= 4 is 11.9 Å². The van der Waals surface area contributed by atoms with Crippen LogP contribution < -0.4 is 4.74 Å². The number of nitriles is 1. The van der Waals surface area contributed by atoms with Gasteiger partial charge in [0.05, 0.1) is 11.6 Å². The average molecular weight is 332 g/mol. The minimum atomic E-state index is -0.850. The van der Waals surface area contributed by atoms with E-state index in [-0.39, 0.29) is 24.6 Å². The van der Waals surface area contributed by atoms with Gasteiger partial charge in [0, 0.05) is 12.1 Å². The molecule has 0 aliphatic heterocycles. The van der Waals surface area contributed by atoms with Crippen LogP contribution in [0, 0.1) is 11.3 Å². The third-order valence-electron chi connectivity index (χ3n) is 3.37. The Balaban J connectivity index is 2.54. The van der Waals surface area contributed by atoms with Crippen molar-refractivity contribution in [2.24, 2.45) is 0 Å². The number of benzene rings is 1. The summed E-state index contributed by atoms with van der Waals surface area (Å²) < 4.78 is 10.5. The molecule has 0 N–H and O–H groups in total. The smallest absolute Gasteiger partial charge is 0.347 e. The normalized spacial score (nSPS) is 11.8. The molecule has 0 saturated heterocycles. The van der Waals surface area contributed by atoms with Crippen LogP contribution in [0.1, 0.15) is 40.2 Å². The zero-order chi connectivity index (χ0) is 18.3. The Hall–Kier alpha value is -2.55. The van der Waals surface area contributed by atoms with Gasteiger partial charge in [-0.3, -0.25) is 4.79 Å². The molecule has 1 aromatic carbocycles. The standard InChI is InChI=1S/C18H24N2O4/c1-12(2)20(13(3)4)17(21)11-23-18(22)14(5)24-16-8-6-15(10-19)7-9-16/h6-9,12-14H,11H2,1-5H3/t14-/m0/s1. The number of carbonyl (C=O) groups excluding carboxylic acids is 2. The molecule has 0 bridgehead atoms. The van der Waals surface area contributed by atoms with Crippen LogP contribution in [0.4, 0.5) is 0 Å². The summed E-state index contributed by atoms with van der Waals surface area (Å²) in [5.41, 5.74) is 0.505. The van der Waals surface area contributed by atoms with Gasteiger partial charge in [-0.15, -0.1) is 0 Å². The second-order valence-electron chi connectivity index (χ2n) is 5.99. The van der Waals surface area contributed by atoms with Gasteiger partial charge in [0.15, 0.2) is 12.7 Å². The maximum Gasteiger partial charge on any atom is 0.347 e. The van der Waals surface area contributed by atoms with Gasteiger partial charge in [0.25, 0.3) is 5.91 Å². The lowest BCUT2D eigenvalue weighted by Gasteiger charge is -2.30. The van der Waals surface area contributed by atoms with E-state index in [0.717, 1.165) is 0 Å². The molecule has 24 heavy (non-hydrogen) atoms. The summed E-state index contributed by atoms with van der Waals surface area (Å²) in [7, 11) is 0. The van der Waals surface area contributed by atoms with Crippen molar-refractivity contribution in [3.8, 4) is 11.8 Å². The molecule has 1 amide bonds. The molecule has 0 unspecified atom stereocenters. The van der Waals surface area contributed by atoms with Gasteiger partial charge in [-0.1, -0.05) is 0 Å². The van der Waals surface area contributed by atoms with E-state index in [0.29, 0.717) is 11.3 Å². The predicted molar refractivity (Wildman–Crippen MR) is 89.3 cm³/mol. The van der Waals surface area contributed by atoms with Crippen molar-refractivity contribution in [2.45, 2.75) is 52.8 Å². The Labute approximate surface area is 143 Å². The first-order valence-corrected chi connectivity index (χ1v) is 7.90. The molecular formula is C18H24N2O4. The zero-order valence-corrected chi connectivity index (χ0v) is 14.8. The molecule has 1 rings (SSSR count). The summed E-state index contributed by atoms with van der Waals surface area (Å²) in [6, 6.07) is 8.47. The fourth-order valence-electron chi connectivity index (χ4n) is 2.36. The molecule has 0 radical (unpaired) electrons. The Kier molecular flexibility index (Phi) is 7.25. The molecule has 0 aliphatic rings. The summed E-state index contributed by atoms with van der Waals surface area (Å²) in [5, 5.41) is 8.74. The zero-order valence-electron chi connectivity index (χ0n) is 14.8. The van der Waals surface area contributed by atoms with Gasteiger partial charge in [-0.25, -0.2) is 4.79 Å². The van der Waals surface area contributed by atoms with Gasteiger partial charge < -0.3 is 14.4 Å². The lowest BCUT2D eigenvalue weighted by Crippen LogP contribution is -2.44. The van der Waals surface area contributed by atoms with Gasteiger partial charge in [0.1, 0.15) is 5.75 Å². The van der Waals surface area contributed by atoms with E-state index in [1.807, 2.05) is 33.8 Å². The van der Waals surface area contributed by atoms with E-state index in [9.17, 15) is 9.59 Å². The van der Waals surface area contributed by atoms with E-state index < -0.39 is 12.1 Å². The van der Waals surface area contributed by atoms with Gasteiger partial charge in [-0.05, 0) is 58.9 Å². The highest BCUT2D eigenvalue weighted by Crippen LogP contribution is 2.14. The molecule has 0 aliphatic carbocycles. The van der Waals surface area contributed by atoms with Crippen LogP contribution in [0.3, 0.4) is 0 Å². The van der Waals surface area contributed by atoms with E-state index in [1.165, 1.54) is 0 Å². The first-order chi connectivity index (χ1) is 11.3. The van der Waals surface area contributed by atoms with Crippen molar-refractivity contribution in [1.82, 2.24) is 4.90 Å². The van der Waals surface area contributed by atoms with Crippen LogP contribution in [-0.2, 0) is 14.3 Å². The Morgan fingerprint density at radius 3 is 2.08 bits per heavy atom. The minimum absolute atomic E-state index is 0.0310. The van der Waals surface area contributed by atoms with Crippen LogP contribution in [0.5, 0.6) is 5.75 Å². The predicted octanol–water partition coefficient (Wildman–Crippen LogP) is 2.51. The Morgan fingerprint density at radius 2 is 1.62 bits per heavy atom. The highest BCUT2D eigenvalue weighted by molar-refractivity contribution is 5.82. The van der Waals surface area contributed by atoms with Crippen LogP contribution in [0.15, 0.2) is 24.3 Å². The van der Waals surface area contributed by atoms with E-state index >= 15 is 0 Å². The summed E-state index contributed by atoms with van der Waals surface area (Å²) in [6.07, 6.45) is -0.850. The summed E-state index contributed by atoms with van der Waals surface area (Å²) >= 11 is 0. The van der Waals surface area contributed by atoms with E-state index in [2.05, 4.69) is 0 Å². The number of amides is 1. The lowest BCUT2D eigenvalue weighted by molar-refractivity contribution is -0.158. The Bertz CT molecular complexity index is 594. The number of hydrogen-bond acceptors (Lipinski definition) is 5. The second-order valence-corrected chi connectivity index (χ2v) is 5.99. The maximum atomic E-state index is 12.2. The SMILES string of the molecule is CC(C)N(C(=O)COC(=O)[C@H](C)Oc1ccc(C#N)cc1)C(C)C. The molecule has 0 saturated carbocycles. The average Bonchev–Trinajstić information content (AvgIpc) is 2.52. The van der Waals surface area contributed by atoms with Crippen molar-refractivity contribution in [2.75, 3.05) is 6.61 Å². The van der Waals surface area contributed by atoms with Crippen molar-refractivity contribution in [3.63, 3.8) is 0 Å². The number of carbonyl (C=O) groups is 2. The molecule has 6 nitrogen and oxygen atoms in total. The van der Waals surface area contributed by atoms with Crippen LogP contribution in [0.25, 0.3) is 0 Å². The molecule has 6 heteroatoms. The number of rotatable bonds is 7. The molecule has 0 heterocycles. The quantitative estimate of drug-likeness (QED) is 0.717. The lowest BCUT2D eigenvalue weighted by atomic mass is 10.2. The highest BCUT2D eigenvalue weighted by atomic mass is 16.6. The number of hydrogen-bond donors (Lipinski definition) is 0. The Morgan fingerprint density at radius 1 is 1.08 bits per heavy atom. The molecule has 130 valence electrons. The third-order valence-corrected chi connectivity index (χ3v) is 3.37. The maximum absolute atomic E-state index is 12.2. The summed E-state index contributed by atoms with van der Waals surface area (Å²) in [5.74, 6) is -0.394. The van der Waals surface area contributed by atoms with Gasteiger partial charge in [0.2, 0.25) is 0 Å². The van der Waals surface area contributed by atoms with Crippen LogP contribution in [-0.4, -0.2) is 41.6 Å². The molecule has 1 aromatic rings. The van der Waals surface area contributed by atoms with Crippen molar-refractivity contribution < 1.29 is 19.1 Å². The number of nitrogens with zero attached hydrogens (tertiary/aromatic N) is 2. The van der Waals surface area contributed by atoms with Gasteiger partial charge >= 0.3 is 5.97 Å². The fourth-order valence-corrected chi connectivity index (χ4v) is 2.36. The fraction of sp³-hybridized carbons (Fsp3) is 0.500. The monoisotopic (exact) mass is 332 g/mol. The summed E-state index contributed by atoms with van der Waals surface area (Å²) in [6.45, 7) is 8.89.